The molecule has 2 aliphatic rings. The number of amides is 2. The normalized spacial score (nSPS) is 16.4. The molecule has 1 aliphatic carbocycles. The first kappa shape index (κ1) is 15.8. The fourth-order valence-electron chi connectivity index (χ4n) is 3.17. The molecular formula is C19H19N7O. The van der Waals surface area contributed by atoms with Crippen LogP contribution in [0.4, 0.5) is 22.0 Å². The standard InChI is InChI=1S/C19H19N7O/c27-19-21-9-10-25(19)15-3-1-13(2-4-15)18-20-8-7-17(24-18)23-14-11-22-26(12-14)16-5-6-16/h1-4,7-8,11-12,16H,5-6,9-10H2,(H,21,27)(H,20,23,24). The van der Waals surface area contributed by atoms with Crippen LogP contribution >= 0.6 is 0 Å². The molecule has 0 spiro atoms. The van der Waals surface area contributed by atoms with E-state index in [9.17, 15) is 4.79 Å². The molecule has 8 nitrogen and oxygen atoms in total. The lowest BCUT2D eigenvalue weighted by Gasteiger charge is -2.14. The molecule has 8 heteroatoms. The molecule has 2 fully saturated rings. The first-order valence-corrected chi connectivity index (χ1v) is 9.06. The summed E-state index contributed by atoms with van der Waals surface area (Å²) in [5.41, 5.74) is 2.69. The molecule has 27 heavy (non-hydrogen) atoms. The largest absolute Gasteiger partial charge is 0.338 e. The highest BCUT2D eigenvalue weighted by atomic mass is 16.2. The zero-order valence-electron chi connectivity index (χ0n) is 14.7. The Balaban J connectivity index is 1.34. The van der Waals surface area contributed by atoms with Crippen molar-refractivity contribution in [2.24, 2.45) is 0 Å². The first-order chi connectivity index (χ1) is 13.3. The molecule has 0 atom stereocenters. The number of urea groups is 1. The molecular weight excluding hydrogens is 342 g/mol. The topological polar surface area (TPSA) is 88.0 Å². The van der Waals surface area contributed by atoms with E-state index in [0.717, 1.165) is 22.8 Å². The number of rotatable bonds is 5. The van der Waals surface area contributed by atoms with Crippen molar-refractivity contribution >= 4 is 23.2 Å². The van der Waals surface area contributed by atoms with Gasteiger partial charge in [0.1, 0.15) is 5.82 Å². The lowest BCUT2D eigenvalue weighted by atomic mass is 10.2. The molecule has 2 amide bonds. The number of hydrogen-bond donors (Lipinski definition) is 2. The SMILES string of the molecule is O=C1NCCN1c1ccc(-c2nccc(Nc3cnn(C4CC4)c3)n2)cc1. The zero-order chi connectivity index (χ0) is 18.2. The average Bonchev–Trinajstić information content (AvgIpc) is 3.30. The van der Waals surface area contributed by atoms with Crippen molar-refractivity contribution in [1.29, 1.82) is 0 Å². The Bertz CT molecular complexity index is 978. The summed E-state index contributed by atoms with van der Waals surface area (Å²) in [5, 5.41) is 10.5. The van der Waals surface area contributed by atoms with E-state index in [4.69, 9.17) is 0 Å². The van der Waals surface area contributed by atoms with Crippen molar-refractivity contribution in [3.63, 3.8) is 0 Å². The van der Waals surface area contributed by atoms with Gasteiger partial charge in [-0.1, -0.05) is 0 Å². The second-order valence-electron chi connectivity index (χ2n) is 6.76. The third-order valence-electron chi connectivity index (χ3n) is 4.74. The smallest absolute Gasteiger partial charge is 0.321 e. The number of carbonyl (C=O) groups excluding carboxylic acids is 1. The van der Waals surface area contributed by atoms with E-state index < -0.39 is 0 Å². The van der Waals surface area contributed by atoms with E-state index in [-0.39, 0.29) is 6.03 Å². The molecule has 136 valence electrons. The number of carbonyl (C=O) groups is 1. The van der Waals surface area contributed by atoms with Crippen molar-refractivity contribution in [2.75, 3.05) is 23.3 Å². The van der Waals surface area contributed by atoms with Crippen molar-refractivity contribution in [2.45, 2.75) is 18.9 Å². The third-order valence-corrected chi connectivity index (χ3v) is 4.74. The number of nitrogens with zero attached hydrogens (tertiary/aromatic N) is 5. The van der Waals surface area contributed by atoms with Crippen molar-refractivity contribution in [3.05, 3.63) is 48.9 Å². The van der Waals surface area contributed by atoms with Crippen LogP contribution < -0.4 is 15.5 Å². The highest BCUT2D eigenvalue weighted by Gasteiger charge is 2.24. The Morgan fingerprint density at radius 2 is 2.00 bits per heavy atom. The minimum Gasteiger partial charge on any atom is -0.338 e. The molecule has 3 aromatic rings. The van der Waals surface area contributed by atoms with Crippen molar-refractivity contribution < 1.29 is 4.79 Å². The summed E-state index contributed by atoms with van der Waals surface area (Å²) in [6, 6.07) is 10.0. The fourth-order valence-corrected chi connectivity index (χ4v) is 3.17. The molecule has 0 unspecified atom stereocenters. The molecule has 1 saturated heterocycles. The van der Waals surface area contributed by atoms with Gasteiger partial charge >= 0.3 is 6.03 Å². The Hall–Kier alpha value is -3.42. The summed E-state index contributed by atoms with van der Waals surface area (Å²) >= 11 is 0. The summed E-state index contributed by atoms with van der Waals surface area (Å²) in [6.45, 7) is 1.36. The van der Waals surface area contributed by atoms with Gasteiger partial charge in [0.2, 0.25) is 0 Å². The van der Waals surface area contributed by atoms with Gasteiger partial charge < -0.3 is 10.6 Å². The van der Waals surface area contributed by atoms with E-state index in [1.807, 2.05) is 47.4 Å². The maximum Gasteiger partial charge on any atom is 0.321 e. The van der Waals surface area contributed by atoms with E-state index in [1.165, 1.54) is 12.8 Å². The average molecular weight is 361 g/mol. The number of hydrogen-bond acceptors (Lipinski definition) is 5. The maximum atomic E-state index is 11.8. The van der Waals surface area contributed by atoms with E-state index >= 15 is 0 Å². The second-order valence-corrected chi connectivity index (χ2v) is 6.76. The second kappa shape index (κ2) is 6.39. The van der Waals surface area contributed by atoms with Gasteiger partial charge in [-0.15, -0.1) is 0 Å². The van der Waals surface area contributed by atoms with Gasteiger partial charge in [-0.25, -0.2) is 14.8 Å². The van der Waals surface area contributed by atoms with E-state index in [2.05, 4.69) is 25.7 Å². The predicted octanol–water partition coefficient (Wildman–Crippen LogP) is 2.95. The summed E-state index contributed by atoms with van der Waals surface area (Å²) in [7, 11) is 0. The van der Waals surface area contributed by atoms with E-state index in [0.29, 0.717) is 25.0 Å². The van der Waals surface area contributed by atoms with Gasteiger partial charge in [0.25, 0.3) is 0 Å². The predicted molar refractivity (Wildman–Crippen MR) is 102 cm³/mol. The molecule has 1 aromatic carbocycles. The maximum absolute atomic E-state index is 11.8. The molecule has 1 aliphatic heterocycles. The van der Waals surface area contributed by atoms with Crippen LogP contribution in [0.3, 0.4) is 0 Å². The molecule has 5 rings (SSSR count). The lowest BCUT2D eigenvalue weighted by molar-refractivity contribution is 0.252. The minimum absolute atomic E-state index is 0.0584. The van der Waals surface area contributed by atoms with Crippen LogP contribution in [-0.2, 0) is 0 Å². The molecule has 0 radical (unpaired) electrons. The monoisotopic (exact) mass is 361 g/mol. The summed E-state index contributed by atoms with van der Waals surface area (Å²) < 4.78 is 2.00. The molecule has 3 heterocycles. The number of benzene rings is 1. The number of nitrogens with one attached hydrogen (secondary N) is 2. The van der Waals surface area contributed by atoms with Gasteiger partial charge in [-0.3, -0.25) is 9.58 Å². The van der Waals surface area contributed by atoms with Crippen molar-refractivity contribution in [3.8, 4) is 11.4 Å². The van der Waals surface area contributed by atoms with Crippen LogP contribution in [0.2, 0.25) is 0 Å². The summed E-state index contributed by atoms with van der Waals surface area (Å²) in [5.74, 6) is 1.35. The fraction of sp³-hybridized carbons (Fsp3) is 0.263. The minimum atomic E-state index is -0.0584. The molecule has 0 bridgehead atoms. The van der Waals surface area contributed by atoms with Crippen LogP contribution in [0.1, 0.15) is 18.9 Å². The quantitative estimate of drug-likeness (QED) is 0.729. The highest BCUT2D eigenvalue weighted by Crippen LogP contribution is 2.34. The Kier molecular flexibility index (Phi) is 3.74. The number of aromatic nitrogens is 4. The summed E-state index contributed by atoms with van der Waals surface area (Å²) in [4.78, 5) is 22.5. The summed E-state index contributed by atoms with van der Waals surface area (Å²) in [6.07, 6.45) is 7.96. The van der Waals surface area contributed by atoms with Crippen LogP contribution in [0.25, 0.3) is 11.4 Å². The Morgan fingerprint density at radius 3 is 2.74 bits per heavy atom. The number of anilines is 3. The van der Waals surface area contributed by atoms with Crippen LogP contribution in [0.5, 0.6) is 0 Å². The Labute approximate surface area is 156 Å². The van der Waals surface area contributed by atoms with Gasteiger partial charge in [-0.05, 0) is 43.2 Å². The molecule has 1 saturated carbocycles. The molecule has 2 N–H and O–H groups in total. The van der Waals surface area contributed by atoms with Gasteiger partial charge in [0.05, 0.1) is 17.9 Å². The first-order valence-electron chi connectivity index (χ1n) is 9.06. The zero-order valence-corrected chi connectivity index (χ0v) is 14.7. The van der Waals surface area contributed by atoms with Crippen LogP contribution in [-0.4, -0.2) is 38.9 Å². The molecule has 2 aromatic heterocycles. The van der Waals surface area contributed by atoms with Crippen molar-refractivity contribution in [1.82, 2.24) is 25.1 Å². The van der Waals surface area contributed by atoms with Gasteiger partial charge in [0, 0.05) is 36.7 Å². The van der Waals surface area contributed by atoms with Gasteiger partial charge in [0.15, 0.2) is 5.82 Å². The highest BCUT2D eigenvalue weighted by molar-refractivity contribution is 5.94. The van der Waals surface area contributed by atoms with Gasteiger partial charge in [-0.2, -0.15) is 5.10 Å². The lowest BCUT2D eigenvalue weighted by Crippen LogP contribution is -2.27. The van der Waals surface area contributed by atoms with Crippen LogP contribution in [0.15, 0.2) is 48.9 Å². The van der Waals surface area contributed by atoms with Crippen LogP contribution in [0, 0.1) is 0 Å². The Morgan fingerprint density at radius 1 is 1.15 bits per heavy atom. The van der Waals surface area contributed by atoms with E-state index in [1.54, 1.807) is 11.1 Å². The third kappa shape index (κ3) is 3.21.